The van der Waals surface area contributed by atoms with Gasteiger partial charge in [-0.25, -0.2) is 10.0 Å². The summed E-state index contributed by atoms with van der Waals surface area (Å²) in [6, 6.07) is 0. The van der Waals surface area contributed by atoms with Crippen molar-refractivity contribution < 1.29 is 0 Å². The minimum atomic E-state index is -0.131. The zero-order valence-corrected chi connectivity index (χ0v) is 8.47. The van der Waals surface area contributed by atoms with Gasteiger partial charge in [-0.1, -0.05) is 0 Å². The molecule has 0 bridgehead atoms. The SMILES string of the molecule is CNCC12CCCS1(C)CC2. The van der Waals surface area contributed by atoms with Gasteiger partial charge < -0.3 is 5.32 Å². The van der Waals surface area contributed by atoms with E-state index >= 15 is 0 Å². The molecule has 0 aromatic heterocycles. The molecule has 66 valence electrons. The molecular formula is C9H19NS. The summed E-state index contributed by atoms with van der Waals surface area (Å²) in [7, 11) is 1.97. The number of hydrogen-bond donors (Lipinski definition) is 1. The van der Waals surface area contributed by atoms with Crippen molar-refractivity contribution in [1.82, 2.24) is 5.32 Å². The molecule has 1 N–H and O–H groups in total. The monoisotopic (exact) mass is 173 g/mol. The fourth-order valence-corrected chi connectivity index (χ4v) is 6.84. The Morgan fingerprint density at radius 2 is 2.18 bits per heavy atom. The molecule has 2 saturated heterocycles. The van der Waals surface area contributed by atoms with Gasteiger partial charge in [-0.05, 0) is 44.1 Å². The first-order valence-corrected chi connectivity index (χ1v) is 6.98. The maximum absolute atomic E-state index is 3.38. The van der Waals surface area contributed by atoms with E-state index in [0.717, 1.165) is 4.75 Å². The van der Waals surface area contributed by atoms with Crippen LogP contribution in [0.4, 0.5) is 0 Å². The van der Waals surface area contributed by atoms with E-state index < -0.39 is 0 Å². The first-order chi connectivity index (χ1) is 5.22. The Morgan fingerprint density at radius 3 is 2.64 bits per heavy atom. The smallest absolute Gasteiger partial charge is 0.0133 e. The Labute approximate surface area is 71.3 Å². The lowest BCUT2D eigenvalue weighted by molar-refractivity contribution is 0.485. The lowest BCUT2D eigenvalue weighted by atomic mass is 9.99. The molecule has 2 fully saturated rings. The van der Waals surface area contributed by atoms with Gasteiger partial charge in [0.05, 0.1) is 0 Å². The lowest BCUT2D eigenvalue weighted by Gasteiger charge is -2.58. The standard InChI is InChI=1S/C9H19NS/c1-10-8-9-4-3-6-11(9,2)7-5-9/h10H,3-8H2,1-2H3. The highest BCUT2D eigenvalue weighted by Gasteiger charge is 2.54. The van der Waals surface area contributed by atoms with Crippen molar-refractivity contribution in [2.75, 3.05) is 31.4 Å². The number of fused-ring (bicyclic) bond motifs is 1. The molecule has 0 aliphatic carbocycles. The van der Waals surface area contributed by atoms with Gasteiger partial charge in [-0.2, -0.15) is 0 Å². The molecule has 0 saturated carbocycles. The maximum atomic E-state index is 3.38. The van der Waals surface area contributed by atoms with E-state index in [1.54, 1.807) is 11.5 Å². The molecule has 0 spiro atoms. The molecular weight excluding hydrogens is 154 g/mol. The van der Waals surface area contributed by atoms with Gasteiger partial charge in [0.2, 0.25) is 0 Å². The van der Waals surface area contributed by atoms with E-state index in [-0.39, 0.29) is 10.0 Å². The van der Waals surface area contributed by atoms with Crippen LogP contribution in [0.5, 0.6) is 0 Å². The Bertz CT molecular complexity index is 171. The van der Waals surface area contributed by atoms with Gasteiger partial charge in [0.15, 0.2) is 0 Å². The van der Waals surface area contributed by atoms with Crippen molar-refractivity contribution >= 4 is 10.0 Å². The maximum Gasteiger partial charge on any atom is 0.0133 e. The summed E-state index contributed by atoms with van der Waals surface area (Å²) >= 11 is 0. The second-order valence-corrected chi connectivity index (χ2v) is 8.48. The molecule has 1 nitrogen and oxygen atoms in total. The summed E-state index contributed by atoms with van der Waals surface area (Å²) in [5.74, 6) is 3.13. The van der Waals surface area contributed by atoms with E-state index in [9.17, 15) is 0 Å². The summed E-state index contributed by atoms with van der Waals surface area (Å²) in [5, 5.41) is 3.38. The van der Waals surface area contributed by atoms with E-state index in [2.05, 4.69) is 18.6 Å². The summed E-state index contributed by atoms with van der Waals surface area (Å²) < 4.78 is 0.793. The number of nitrogens with one attached hydrogen (secondary N) is 1. The number of rotatable bonds is 2. The third-order valence-electron chi connectivity index (χ3n) is 3.78. The van der Waals surface area contributed by atoms with Crippen molar-refractivity contribution in [3.05, 3.63) is 0 Å². The normalized spacial score (nSPS) is 54.4. The molecule has 2 heteroatoms. The third-order valence-corrected chi connectivity index (χ3v) is 8.72. The first-order valence-electron chi connectivity index (χ1n) is 4.60. The Kier molecular flexibility index (Phi) is 1.73. The van der Waals surface area contributed by atoms with Gasteiger partial charge in [-0.15, -0.1) is 0 Å². The second kappa shape index (κ2) is 2.40. The molecule has 2 aliphatic rings. The molecule has 0 amide bonds. The minimum absolute atomic E-state index is 0.131. The van der Waals surface area contributed by atoms with Gasteiger partial charge in [-0.3, -0.25) is 0 Å². The molecule has 2 aliphatic heterocycles. The first kappa shape index (κ1) is 7.93. The fourth-order valence-electron chi connectivity index (χ4n) is 2.82. The predicted octanol–water partition coefficient (Wildman–Crippen LogP) is 1.58. The van der Waals surface area contributed by atoms with Crippen molar-refractivity contribution in [3.8, 4) is 0 Å². The Hall–Kier alpha value is 0.310. The van der Waals surface area contributed by atoms with Crippen LogP contribution in [0.2, 0.25) is 0 Å². The van der Waals surface area contributed by atoms with E-state index in [4.69, 9.17) is 0 Å². The van der Waals surface area contributed by atoms with Crippen LogP contribution >= 0.6 is 10.0 Å². The van der Waals surface area contributed by atoms with Crippen LogP contribution < -0.4 is 5.32 Å². The highest BCUT2D eigenvalue weighted by atomic mass is 32.3. The summed E-state index contributed by atoms with van der Waals surface area (Å²) in [6.07, 6.45) is 7.10. The van der Waals surface area contributed by atoms with Crippen molar-refractivity contribution in [1.29, 1.82) is 0 Å². The lowest BCUT2D eigenvalue weighted by Crippen LogP contribution is -2.50. The Morgan fingerprint density at radius 1 is 1.36 bits per heavy atom. The van der Waals surface area contributed by atoms with Crippen molar-refractivity contribution in [2.45, 2.75) is 24.0 Å². The van der Waals surface area contributed by atoms with Gasteiger partial charge in [0.25, 0.3) is 0 Å². The average molecular weight is 173 g/mol. The van der Waals surface area contributed by atoms with Crippen LogP contribution in [0.3, 0.4) is 0 Å². The Balaban J connectivity index is 2.12. The third kappa shape index (κ3) is 0.888. The zero-order valence-electron chi connectivity index (χ0n) is 7.65. The van der Waals surface area contributed by atoms with Crippen LogP contribution in [0, 0.1) is 0 Å². The van der Waals surface area contributed by atoms with Gasteiger partial charge >= 0.3 is 0 Å². The van der Waals surface area contributed by atoms with E-state index in [1.165, 1.54) is 25.8 Å². The highest BCUT2D eigenvalue weighted by molar-refractivity contribution is 8.35. The van der Waals surface area contributed by atoms with Crippen LogP contribution in [0.25, 0.3) is 0 Å². The topological polar surface area (TPSA) is 12.0 Å². The predicted molar refractivity (Wildman–Crippen MR) is 53.8 cm³/mol. The van der Waals surface area contributed by atoms with E-state index in [0.29, 0.717) is 0 Å². The van der Waals surface area contributed by atoms with Crippen molar-refractivity contribution in [2.24, 2.45) is 0 Å². The fraction of sp³-hybridized carbons (Fsp3) is 1.00. The molecule has 0 radical (unpaired) electrons. The highest BCUT2D eigenvalue weighted by Crippen LogP contribution is 2.72. The van der Waals surface area contributed by atoms with Crippen LogP contribution in [-0.4, -0.2) is 36.1 Å². The zero-order chi connectivity index (χ0) is 7.95. The second-order valence-electron chi connectivity index (χ2n) is 4.25. The summed E-state index contributed by atoms with van der Waals surface area (Å²) in [4.78, 5) is 0. The number of hydrogen-bond acceptors (Lipinski definition) is 1. The van der Waals surface area contributed by atoms with E-state index in [1.807, 2.05) is 0 Å². The molecule has 2 atom stereocenters. The van der Waals surface area contributed by atoms with Crippen LogP contribution in [0.15, 0.2) is 0 Å². The summed E-state index contributed by atoms with van der Waals surface area (Å²) in [6.45, 7) is 1.29. The molecule has 2 rings (SSSR count). The van der Waals surface area contributed by atoms with Gasteiger partial charge in [0, 0.05) is 11.3 Å². The average Bonchev–Trinajstić information content (AvgIpc) is 2.17. The molecule has 2 unspecified atom stereocenters. The quantitative estimate of drug-likeness (QED) is 0.668. The molecule has 11 heavy (non-hydrogen) atoms. The van der Waals surface area contributed by atoms with Gasteiger partial charge in [0.1, 0.15) is 0 Å². The van der Waals surface area contributed by atoms with Crippen LogP contribution in [0.1, 0.15) is 19.3 Å². The molecule has 2 heterocycles. The summed E-state index contributed by atoms with van der Waals surface area (Å²) in [5.41, 5.74) is 0. The molecule has 0 aromatic carbocycles. The largest absolute Gasteiger partial charge is 0.318 e. The molecule has 0 aromatic rings. The van der Waals surface area contributed by atoms with Crippen LogP contribution in [-0.2, 0) is 0 Å². The minimum Gasteiger partial charge on any atom is -0.318 e. The van der Waals surface area contributed by atoms with Crippen molar-refractivity contribution in [3.63, 3.8) is 0 Å².